The predicted octanol–water partition coefficient (Wildman–Crippen LogP) is 4.31. The SMILES string of the molecule is CCOc1c(F)cc([C@H](N)CCC(C)C)cc1Cl. The second-order valence-corrected chi connectivity index (χ2v) is 5.23. The molecule has 0 saturated carbocycles. The van der Waals surface area contributed by atoms with Gasteiger partial charge < -0.3 is 10.5 Å². The van der Waals surface area contributed by atoms with Crippen molar-refractivity contribution >= 4 is 11.6 Å². The summed E-state index contributed by atoms with van der Waals surface area (Å²) in [7, 11) is 0. The van der Waals surface area contributed by atoms with Gasteiger partial charge >= 0.3 is 0 Å². The van der Waals surface area contributed by atoms with Crippen molar-refractivity contribution in [2.45, 2.75) is 39.7 Å². The first-order valence-electron chi connectivity index (χ1n) is 6.33. The fourth-order valence-corrected chi connectivity index (χ4v) is 2.03. The van der Waals surface area contributed by atoms with E-state index in [0.29, 0.717) is 12.5 Å². The number of hydrogen-bond donors (Lipinski definition) is 1. The van der Waals surface area contributed by atoms with Gasteiger partial charge in [-0.15, -0.1) is 0 Å². The molecule has 1 atom stereocenters. The number of nitrogens with two attached hydrogens (primary N) is 1. The molecule has 1 aromatic rings. The predicted molar refractivity (Wildman–Crippen MR) is 73.6 cm³/mol. The Bertz CT molecular complexity index is 372. The van der Waals surface area contributed by atoms with Crippen LogP contribution in [0.4, 0.5) is 4.39 Å². The molecule has 0 aliphatic carbocycles. The molecule has 0 spiro atoms. The van der Waals surface area contributed by atoms with Crippen molar-refractivity contribution in [3.8, 4) is 5.75 Å². The standard InChI is InChI=1S/C14H21ClFNO/c1-4-18-14-11(15)7-10(8-12(14)16)13(17)6-5-9(2)3/h7-9,13H,4-6,17H2,1-3H3/t13-/m1/s1. The van der Waals surface area contributed by atoms with Gasteiger partial charge in [-0.2, -0.15) is 0 Å². The zero-order valence-electron chi connectivity index (χ0n) is 11.2. The largest absolute Gasteiger partial charge is 0.489 e. The van der Waals surface area contributed by atoms with E-state index in [-0.39, 0.29) is 16.8 Å². The monoisotopic (exact) mass is 273 g/mol. The van der Waals surface area contributed by atoms with Gasteiger partial charge in [-0.05, 0) is 43.4 Å². The second kappa shape index (κ2) is 6.95. The van der Waals surface area contributed by atoms with Crippen LogP contribution in [0.1, 0.15) is 45.2 Å². The molecule has 1 aromatic carbocycles. The number of hydrogen-bond acceptors (Lipinski definition) is 2. The summed E-state index contributed by atoms with van der Waals surface area (Å²) in [5.41, 5.74) is 6.76. The van der Waals surface area contributed by atoms with Gasteiger partial charge in [-0.1, -0.05) is 25.4 Å². The average molecular weight is 274 g/mol. The highest BCUT2D eigenvalue weighted by Crippen LogP contribution is 2.32. The quantitative estimate of drug-likeness (QED) is 0.838. The first-order valence-corrected chi connectivity index (χ1v) is 6.70. The summed E-state index contributed by atoms with van der Waals surface area (Å²) in [6.07, 6.45) is 1.83. The van der Waals surface area contributed by atoms with Crippen molar-refractivity contribution in [2.24, 2.45) is 11.7 Å². The Morgan fingerprint density at radius 2 is 2.00 bits per heavy atom. The topological polar surface area (TPSA) is 35.2 Å². The van der Waals surface area contributed by atoms with Crippen LogP contribution in [0.15, 0.2) is 12.1 Å². The molecule has 2 N–H and O–H groups in total. The van der Waals surface area contributed by atoms with E-state index in [2.05, 4.69) is 13.8 Å². The van der Waals surface area contributed by atoms with E-state index in [4.69, 9.17) is 22.1 Å². The van der Waals surface area contributed by atoms with E-state index >= 15 is 0 Å². The van der Waals surface area contributed by atoms with Gasteiger partial charge in [0.2, 0.25) is 0 Å². The highest BCUT2D eigenvalue weighted by atomic mass is 35.5. The van der Waals surface area contributed by atoms with Gasteiger partial charge in [0.05, 0.1) is 11.6 Å². The lowest BCUT2D eigenvalue weighted by Gasteiger charge is -2.15. The van der Waals surface area contributed by atoms with E-state index in [1.807, 2.05) is 0 Å². The molecule has 102 valence electrons. The molecule has 0 fully saturated rings. The lowest BCUT2D eigenvalue weighted by molar-refractivity contribution is 0.321. The van der Waals surface area contributed by atoms with E-state index in [9.17, 15) is 4.39 Å². The molecule has 0 aromatic heterocycles. The summed E-state index contributed by atoms with van der Waals surface area (Å²) >= 11 is 6.00. The molecule has 0 heterocycles. The van der Waals surface area contributed by atoms with Gasteiger partial charge in [0.15, 0.2) is 11.6 Å². The third kappa shape index (κ3) is 4.14. The van der Waals surface area contributed by atoms with E-state index in [0.717, 1.165) is 18.4 Å². The van der Waals surface area contributed by atoms with E-state index < -0.39 is 5.82 Å². The maximum Gasteiger partial charge on any atom is 0.173 e. The van der Waals surface area contributed by atoms with Crippen LogP contribution in [-0.2, 0) is 0 Å². The highest BCUT2D eigenvalue weighted by molar-refractivity contribution is 6.32. The Hall–Kier alpha value is -0.800. The molecule has 0 bridgehead atoms. The van der Waals surface area contributed by atoms with Gasteiger partial charge in [-0.3, -0.25) is 0 Å². The lowest BCUT2D eigenvalue weighted by atomic mass is 9.98. The Balaban J connectivity index is 2.84. The zero-order chi connectivity index (χ0) is 13.7. The van der Waals surface area contributed by atoms with Crippen LogP contribution in [0, 0.1) is 11.7 Å². The molecule has 0 radical (unpaired) electrons. The number of rotatable bonds is 6. The molecule has 2 nitrogen and oxygen atoms in total. The maximum atomic E-state index is 13.8. The zero-order valence-corrected chi connectivity index (χ0v) is 11.9. The summed E-state index contributed by atoms with van der Waals surface area (Å²) < 4.78 is 18.9. The molecular formula is C14H21ClFNO. The normalized spacial score (nSPS) is 12.8. The summed E-state index contributed by atoms with van der Waals surface area (Å²) in [5, 5.41) is 0.284. The van der Waals surface area contributed by atoms with Crippen molar-refractivity contribution in [2.75, 3.05) is 6.61 Å². The molecule has 0 unspecified atom stereocenters. The second-order valence-electron chi connectivity index (χ2n) is 4.82. The Morgan fingerprint density at radius 1 is 1.33 bits per heavy atom. The van der Waals surface area contributed by atoms with E-state index in [1.165, 1.54) is 6.07 Å². The van der Waals surface area contributed by atoms with Crippen LogP contribution in [0.2, 0.25) is 5.02 Å². The van der Waals surface area contributed by atoms with Crippen LogP contribution in [0.25, 0.3) is 0 Å². The highest BCUT2D eigenvalue weighted by Gasteiger charge is 2.15. The van der Waals surface area contributed by atoms with Crippen LogP contribution < -0.4 is 10.5 Å². The minimum absolute atomic E-state index is 0.110. The molecule has 4 heteroatoms. The first kappa shape index (κ1) is 15.3. The Kier molecular flexibility index (Phi) is 5.89. The minimum atomic E-state index is -0.445. The van der Waals surface area contributed by atoms with Crippen LogP contribution in [-0.4, -0.2) is 6.61 Å². The number of halogens is 2. The maximum absolute atomic E-state index is 13.8. The smallest absolute Gasteiger partial charge is 0.173 e. The molecule has 18 heavy (non-hydrogen) atoms. The Labute approximate surface area is 113 Å². The van der Waals surface area contributed by atoms with Crippen molar-refractivity contribution in [1.82, 2.24) is 0 Å². The lowest BCUT2D eigenvalue weighted by Crippen LogP contribution is -2.12. The Morgan fingerprint density at radius 3 is 2.50 bits per heavy atom. The average Bonchev–Trinajstić information content (AvgIpc) is 2.30. The van der Waals surface area contributed by atoms with Gasteiger partial charge in [0, 0.05) is 6.04 Å². The molecule has 0 saturated heterocycles. The summed E-state index contributed by atoms with van der Waals surface area (Å²) in [6.45, 7) is 6.45. The third-order valence-electron chi connectivity index (χ3n) is 2.79. The fourth-order valence-electron chi connectivity index (χ4n) is 1.76. The molecule has 0 amide bonds. The number of benzene rings is 1. The van der Waals surface area contributed by atoms with E-state index in [1.54, 1.807) is 13.0 Å². The molecular weight excluding hydrogens is 253 g/mol. The number of ether oxygens (including phenoxy) is 1. The molecule has 0 aliphatic rings. The van der Waals surface area contributed by atoms with Crippen LogP contribution in [0.5, 0.6) is 5.75 Å². The van der Waals surface area contributed by atoms with Crippen molar-refractivity contribution < 1.29 is 9.13 Å². The fraction of sp³-hybridized carbons (Fsp3) is 0.571. The van der Waals surface area contributed by atoms with Crippen LogP contribution >= 0.6 is 11.6 Å². The summed E-state index contributed by atoms with van der Waals surface area (Å²) in [5.74, 6) is 0.248. The van der Waals surface area contributed by atoms with Crippen molar-refractivity contribution in [3.05, 3.63) is 28.5 Å². The van der Waals surface area contributed by atoms with Crippen molar-refractivity contribution in [3.63, 3.8) is 0 Å². The van der Waals surface area contributed by atoms with Crippen molar-refractivity contribution in [1.29, 1.82) is 0 Å². The summed E-state index contributed by atoms with van der Waals surface area (Å²) in [4.78, 5) is 0. The van der Waals surface area contributed by atoms with Gasteiger partial charge in [-0.25, -0.2) is 4.39 Å². The molecule has 1 rings (SSSR count). The van der Waals surface area contributed by atoms with Gasteiger partial charge in [0.1, 0.15) is 0 Å². The minimum Gasteiger partial charge on any atom is -0.489 e. The van der Waals surface area contributed by atoms with Crippen LogP contribution in [0.3, 0.4) is 0 Å². The van der Waals surface area contributed by atoms with Gasteiger partial charge in [0.25, 0.3) is 0 Å². The first-order chi connectivity index (χ1) is 8.45. The summed E-state index contributed by atoms with van der Waals surface area (Å²) in [6, 6.07) is 2.93. The molecule has 0 aliphatic heterocycles. The third-order valence-corrected chi connectivity index (χ3v) is 3.07.